The fraction of sp³-hybridized carbons (Fsp3) is 0.462. The number of Topliss-reactive ketones (excluding diaryl/α,β-unsaturated/α-hetero) is 1. The van der Waals surface area contributed by atoms with Crippen molar-refractivity contribution >= 4 is 5.78 Å². The van der Waals surface area contributed by atoms with E-state index in [-0.39, 0.29) is 5.56 Å². The topological polar surface area (TPSA) is 63.2 Å². The van der Waals surface area contributed by atoms with E-state index in [1.165, 1.54) is 35.5 Å². The fourth-order valence-electron chi connectivity index (χ4n) is 1.76. The predicted molar refractivity (Wildman–Crippen MR) is 67.6 cm³/mol. The molecule has 0 aliphatic heterocycles. The van der Waals surface area contributed by atoms with Crippen LogP contribution in [0, 0.1) is 0 Å². The van der Waals surface area contributed by atoms with Gasteiger partial charge in [-0.2, -0.15) is 0 Å². The predicted octanol–water partition coefficient (Wildman–Crippen LogP) is 1.48. The lowest BCUT2D eigenvalue weighted by Gasteiger charge is -2.27. The van der Waals surface area contributed by atoms with Crippen molar-refractivity contribution in [2.75, 3.05) is 35.5 Å². The van der Waals surface area contributed by atoms with Crippen molar-refractivity contribution < 1.29 is 28.5 Å². The average Bonchev–Trinajstić information content (AvgIpc) is 2.48. The van der Waals surface area contributed by atoms with Gasteiger partial charge in [0.05, 0.1) is 19.8 Å². The van der Waals surface area contributed by atoms with E-state index in [9.17, 15) is 4.79 Å². The number of carbonyl (C=O) groups excluding carboxylic acids is 1. The van der Waals surface area contributed by atoms with Gasteiger partial charge in [0.1, 0.15) is 0 Å². The van der Waals surface area contributed by atoms with E-state index >= 15 is 0 Å². The normalized spacial score (nSPS) is 11.2. The average molecular weight is 270 g/mol. The molecule has 0 bridgehead atoms. The molecule has 0 saturated heterocycles. The highest BCUT2D eigenvalue weighted by Crippen LogP contribution is 2.33. The van der Waals surface area contributed by atoms with Crippen molar-refractivity contribution in [3.05, 3.63) is 23.8 Å². The number of benzene rings is 1. The summed E-state index contributed by atoms with van der Waals surface area (Å²) >= 11 is 0. The van der Waals surface area contributed by atoms with Crippen LogP contribution in [0.25, 0.3) is 0 Å². The Morgan fingerprint density at radius 2 is 1.53 bits per heavy atom. The third-order valence-corrected chi connectivity index (χ3v) is 2.73. The van der Waals surface area contributed by atoms with Crippen molar-refractivity contribution in [2.45, 2.75) is 5.97 Å². The van der Waals surface area contributed by atoms with Crippen molar-refractivity contribution in [3.63, 3.8) is 0 Å². The number of para-hydroxylation sites is 1. The fourth-order valence-corrected chi connectivity index (χ4v) is 1.76. The van der Waals surface area contributed by atoms with Gasteiger partial charge in [-0.25, -0.2) is 0 Å². The van der Waals surface area contributed by atoms with E-state index < -0.39 is 11.8 Å². The van der Waals surface area contributed by atoms with Gasteiger partial charge in [-0.1, -0.05) is 6.07 Å². The van der Waals surface area contributed by atoms with Gasteiger partial charge in [0.25, 0.3) is 5.78 Å². The molecular weight excluding hydrogens is 252 g/mol. The summed E-state index contributed by atoms with van der Waals surface area (Å²) in [6, 6.07) is 4.93. The van der Waals surface area contributed by atoms with Crippen LogP contribution in [-0.4, -0.2) is 47.3 Å². The zero-order valence-electron chi connectivity index (χ0n) is 11.7. The van der Waals surface area contributed by atoms with Crippen LogP contribution in [0.2, 0.25) is 0 Å². The maximum atomic E-state index is 12.5. The Morgan fingerprint density at radius 3 is 1.95 bits per heavy atom. The van der Waals surface area contributed by atoms with Gasteiger partial charge in [0, 0.05) is 21.3 Å². The maximum Gasteiger partial charge on any atom is 0.350 e. The molecule has 0 N–H and O–H groups in total. The molecule has 6 nitrogen and oxygen atoms in total. The van der Waals surface area contributed by atoms with E-state index in [2.05, 4.69) is 0 Å². The first kappa shape index (κ1) is 15.4. The van der Waals surface area contributed by atoms with Crippen LogP contribution in [0.15, 0.2) is 18.2 Å². The van der Waals surface area contributed by atoms with Gasteiger partial charge in [0.2, 0.25) is 0 Å². The smallest absolute Gasteiger partial charge is 0.350 e. The number of carbonyl (C=O) groups is 1. The molecule has 0 spiro atoms. The number of methoxy groups -OCH3 is 5. The highest BCUT2D eigenvalue weighted by molar-refractivity contribution is 6.03. The van der Waals surface area contributed by atoms with E-state index in [1.54, 1.807) is 18.2 Å². The summed E-state index contributed by atoms with van der Waals surface area (Å²) in [5, 5.41) is 0. The summed E-state index contributed by atoms with van der Waals surface area (Å²) in [5.41, 5.74) is 0.243. The minimum Gasteiger partial charge on any atom is -0.493 e. The molecule has 0 aliphatic rings. The van der Waals surface area contributed by atoms with Crippen LogP contribution >= 0.6 is 0 Å². The summed E-state index contributed by atoms with van der Waals surface area (Å²) in [6.07, 6.45) is 0. The van der Waals surface area contributed by atoms with Gasteiger partial charge in [-0.05, 0) is 12.1 Å². The number of rotatable bonds is 7. The standard InChI is InChI=1S/C13H18O6/c1-15-10-8-6-7-9(11(10)16-2)12(14)13(17-3,18-4)19-5/h6-8H,1-5H3. The third-order valence-electron chi connectivity index (χ3n) is 2.73. The first-order valence-corrected chi connectivity index (χ1v) is 5.51. The highest BCUT2D eigenvalue weighted by Gasteiger charge is 2.42. The molecule has 0 heterocycles. The Hall–Kier alpha value is -1.63. The number of hydrogen-bond donors (Lipinski definition) is 0. The molecule has 0 radical (unpaired) electrons. The molecule has 0 saturated carbocycles. The molecule has 0 unspecified atom stereocenters. The summed E-state index contributed by atoms with van der Waals surface area (Å²) in [5.74, 6) is -1.59. The Morgan fingerprint density at radius 1 is 0.947 bits per heavy atom. The van der Waals surface area contributed by atoms with E-state index in [0.717, 1.165) is 0 Å². The van der Waals surface area contributed by atoms with Crippen LogP contribution in [0.3, 0.4) is 0 Å². The SMILES string of the molecule is COc1cccc(C(=O)C(OC)(OC)OC)c1OC. The van der Waals surface area contributed by atoms with Crippen LogP contribution in [0.1, 0.15) is 10.4 Å². The van der Waals surface area contributed by atoms with Crippen molar-refractivity contribution in [1.29, 1.82) is 0 Å². The van der Waals surface area contributed by atoms with E-state index in [1.807, 2.05) is 0 Å². The molecule has 6 heteroatoms. The number of ketones is 1. The Kier molecular flexibility index (Phi) is 5.29. The molecule has 1 rings (SSSR count). The van der Waals surface area contributed by atoms with Gasteiger partial charge in [0.15, 0.2) is 11.5 Å². The Labute approximate surface area is 112 Å². The van der Waals surface area contributed by atoms with E-state index in [4.69, 9.17) is 23.7 Å². The molecule has 19 heavy (non-hydrogen) atoms. The first-order valence-electron chi connectivity index (χ1n) is 5.51. The molecule has 106 valence electrons. The molecule has 0 aromatic heterocycles. The van der Waals surface area contributed by atoms with Crippen molar-refractivity contribution in [3.8, 4) is 11.5 Å². The second-order valence-corrected chi connectivity index (χ2v) is 3.54. The molecule has 0 amide bonds. The van der Waals surface area contributed by atoms with Gasteiger partial charge < -0.3 is 23.7 Å². The largest absolute Gasteiger partial charge is 0.493 e. The third kappa shape index (κ3) is 2.70. The quantitative estimate of drug-likeness (QED) is 0.552. The lowest BCUT2D eigenvalue weighted by molar-refractivity contribution is -0.312. The van der Waals surface area contributed by atoms with Crippen LogP contribution in [-0.2, 0) is 14.2 Å². The molecule has 0 aliphatic carbocycles. The van der Waals surface area contributed by atoms with Crippen LogP contribution in [0.5, 0.6) is 11.5 Å². The lowest BCUT2D eigenvalue weighted by atomic mass is 10.1. The lowest BCUT2D eigenvalue weighted by Crippen LogP contribution is -2.44. The summed E-state index contributed by atoms with van der Waals surface area (Å²) in [6.45, 7) is 0. The van der Waals surface area contributed by atoms with Gasteiger partial charge in [-0.15, -0.1) is 0 Å². The van der Waals surface area contributed by atoms with Gasteiger partial charge in [-0.3, -0.25) is 4.79 Å². The van der Waals surface area contributed by atoms with Crippen LogP contribution in [0.4, 0.5) is 0 Å². The maximum absolute atomic E-state index is 12.5. The zero-order valence-corrected chi connectivity index (χ0v) is 11.7. The number of ether oxygens (including phenoxy) is 5. The first-order chi connectivity index (χ1) is 9.10. The second-order valence-electron chi connectivity index (χ2n) is 3.54. The van der Waals surface area contributed by atoms with E-state index in [0.29, 0.717) is 11.5 Å². The second kappa shape index (κ2) is 6.51. The molecule has 1 aromatic carbocycles. The van der Waals surface area contributed by atoms with Crippen molar-refractivity contribution in [1.82, 2.24) is 0 Å². The number of hydrogen-bond acceptors (Lipinski definition) is 6. The molecular formula is C13H18O6. The molecule has 0 atom stereocenters. The van der Waals surface area contributed by atoms with Gasteiger partial charge >= 0.3 is 5.97 Å². The van der Waals surface area contributed by atoms with Crippen LogP contribution < -0.4 is 9.47 Å². The molecule has 0 fully saturated rings. The Bertz CT molecular complexity index is 430. The summed E-state index contributed by atoms with van der Waals surface area (Å²) in [4.78, 5) is 12.5. The monoisotopic (exact) mass is 270 g/mol. The molecule has 1 aromatic rings. The summed E-state index contributed by atoms with van der Waals surface area (Å²) < 4.78 is 25.5. The highest BCUT2D eigenvalue weighted by atomic mass is 16.9. The minimum absolute atomic E-state index is 0.243. The Balaban J connectivity index is 3.33. The van der Waals surface area contributed by atoms with Crippen molar-refractivity contribution in [2.24, 2.45) is 0 Å². The summed E-state index contributed by atoms with van der Waals surface area (Å²) in [7, 11) is 6.89. The minimum atomic E-state index is -1.81. The zero-order chi connectivity index (χ0) is 14.5.